The van der Waals surface area contributed by atoms with Crippen LogP contribution in [0.15, 0.2) is 23.1 Å². The number of carbonyl (C=O) groups excluding carboxylic acids is 1. The molecule has 0 saturated carbocycles. The van der Waals surface area contributed by atoms with Crippen LogP contribution in [0, 0.1) is 0 Å². The summed E-state index contributed by atoms with van der Waals surface area (Å²) in [4.78, 5) is 28.4. The Labute approximate surface area is 93.2 Å². The van der Waals surface area contributed by atoms with E-state index >= 15 is 0 Å². The van der Waals surface area contributed by atoms with Crippen LogP contribution < -0.4 is 5.43 Å². The number of rotatable bonds is 3. The Bertz CT molecular complexity index is 453. The average molecular weight is 222 g/mol. The van der Waals surface area contributed by atoms with E-state index in [9.17, 15) is 9.59 Å². The van der Waals surface area contributed by atoms with Crippen LogP contribution in [0.25, 0.3) is 0 Å². The zero-order chi connectivity index (χ0) is 11.5. The molecule has 0 spiro atoms. The van der Waals surface area contributed by atoms with Crippen molar-refractivity contribution in [3.05, 3.63) is 34.2 Å². The number of hydrogen-bond donors (Lipinski definition) is 0. The van der Waals surface area contributed by atoms with Crippen LogP contribution in [0.3, 0.4) is 0 Å². The first-order chi connectivity index (χ1) is 7.72. The molecule has 0 aliphatic carbocycles. The van der Waals surface area contributed by atoms with Gasteiger partial charge in [0.15, 0.2) is 5.43 Å². The van der Waals surface area contributed by atoms with Crippen LogP contribution in [-0.4, -0.2) is 28.7 Å². The van der Waals surface area contributed by atoms with Crippen molar-refractivity contribution in [3.63, 3.8) is 0 Å². The van der Waals surface area contributed by atoms with Crippen molar-refractivity contribution in [2.24, 2.45) is 0 Å². The summed E-state index contributed by atoms with van der Waals surface area (Å²) >= 11 is 0. The van der Waals surface area contributed by atoms with Gasteiger partial charge in [-0.25, -0.2) is 5.06 Å². The average Bonchev–Trinajstić information content (AvgIpc) is 2.29. The van der Waals surface area contributed by atoms with Gasteiger partial charge in [-0.15, -0.1) is 0 Å². The van der Waals surface area contributed by atoms with Crippen LogP contribution in [-0.2, 0) is 11.4 Å². The molecule has 0 unspecified atom stereocenters. The lowest BCUT2D eigenvalue weighted by molar-refractivity contribution is -0.129. The van der Waals surface area contributed by atoms with E-state index in [-0.39, 0.29) is 11.3 Å². The molecule has 0 N–H and O–H groups in total. The van der Waals surface area contributed by atoms with Gasteiger partial charge in [0.25, 0.3) is 5.91 Å². The normalized spacial score (nSPS) is 15.1. The number of nitrogens with zero attached hydrogens (tertiary/aromatic N) is 2. The fourth-order valence-electron chi connectivity index (χ4n) is 1.64. The highest BCUT2D eigenvalue weighted by atomic mass is 16.7. The van der Waals surface area contributed by atoms with Gasteiger partial charge in [-0.05, 0) is 6.42 Å². The quantitative estimate of drug-likeness (QED) is 0.754. The first-order valence-corrected chi connectivity index (χ1v) is 5.37. The molecule has 1 aliphatic rings. The number of hydroxylamine groups is 2. The van der Waals surface area contributed by atoms with Gasteiger partial charge in [-0.2, -0.15) is 0 Å². The molecule has 5 heteroatoms. The van der Waals surface area contributed by atoms with Crippen LogP contribution in [0.5, 0.6) is 0 Å². The third-order valence-electron chi connectivity index (χ3n) is 2.45. The highest BCUT2D eigenvalue weighted by Crippen LogP contribution is 2.10. The van der Waals surface area contributed by atoms with Crippen LogP contribution in [0.1, 0.15) is 23.8 Å². The van der Waals surface area contributed by atoms with Gasteiger partial charge in [0.1, 0.15) is 5.69 Å². The number of carbonyl (C=O) groups is 1. The van der Waals surface area contributed by atoms with E-state index in [2.05, 4.69) is 0 Å². The first-order valence-electron chi connectivity index (χ1n) is 5.37. The van der Waals surface area contributed by atoms with E-state index in [0.29, 0.717) is 25.4 Å². The summed E-state index contributed by atoms with van der Waals surface area (Å²) in [6, 6.07) is 2.81. The minimum Gasteiger partial charge on any atom is -0.341 e. The molecule has 5 nitrogen and oxygen atoms in total. The Balaban J connectivity index is 2.24. The molecule has 0 saturated heterocycles. The SMILES string of the molecule is CCCON1CCn2ccc(=O)cc2C1=O. The number of aromatic nitrogens is 1. The molecular weight excluding hydrogens is 208 g/mol. The standard InChI is InChI=1S/C11H14N2O3/c1-2-7-16-13-6-5-12-4-3-9(14)8-10(12)11(13)15/h3-4,8H,2,5-7H2,1H3. The fourth-order valence-corrected chi connectivity index (χ4v) is 1.64. The number of pyridine rings is 1. The summed E-state index contributed by atoms with van der Waals surface area (Å²) in [5.41, 5.74) is 0.242. The van der Waals surface area contributed by atoms with Crippen LogP contribution in [0.2, 0.25) is 0 Å². The van der Waals surface area contributed by atoms with Crippen LogP contribution in [0.4, 0.5) is 0 Å². The Hall–Kier alpha value is -1.62. The maximum Gasteiger partial charge on any atom is 0.294 e. The van der Waals surface area contributed by atoms with E-state index in [0.717, 1.165) is 6.42 Å². The Morgan fingerprint density at radius 3 is 2.94 bits per heavy atom. The number of fused-ring (bicyclic) bond motifs is 1. The highest BCUT2D eigenvalue weighted by molar-refractivity contribution is 5.92. The smallest absolute Gasteiger partial charge is 0.294 e. The summed E-state index contributed by atoms with van der Waals surface area (Å²) in [7, 11) is 0. The van der Waals surface area contributed by atoms with Gasteiger partial charge in [0.2, 0.25) is 0 Å². The van der Waals surface area contributed by atoms with E-state index in [1.165, 1.54) is 17.2 Å². The molecule has 1 aliphatic heterocycles. The summed E-state index contributed by atoms with van der Waals surface area (Å²) in [6.07, 6.45) is 2.50. The molecule has 1 aromatic rings. The molecule has 2 rings (SSSR count). The molecule has 1 amide bonds. The second-order valence-electron chi connectivity index (χ2n) is 3.68. The van der Waals surface area contributed by atoms with Crippen molar-refractivity contribution in [2.75, 3.05) is 13.2 Å². The number of amides is 1. The Morgan fingerprint density at radius 2 is 2.19 bits per heavy atom. The maximum atomic E-state index is 11.9. The minimum absolute atomic E-state index is 0.156. The molecule has 0 bridgehead atoms. The van der Waals surface area contributed by atoms with Gasteiger partial charge in [-0.1, -0.05) is 6.92 Å². The van der Waals surface area contributed by atoms with Crippen LogP contribution >= 0.6 is 0 Å². The topological polar surface area (TPSA) is 51.5 Å². The van der Waals surface area contributed by atoms with E-state index in [1.54, 1.807) is 10.8 Å². The second kappa shape index (κ2) is 4.49. The lowest BCUT2D eigenvalue weighted by Crippen LogP contribution is -2.41. The second-order valence-corrected chi connectivity index (χ2v) is 3.68. The van der Waals surface area contributed by atoms with Crippen molar-refractivity contribution in [1.29, 1.82) is 0 Å². The molecule has 0 radical (unpaired) electrons. The molecule has 0 fully saturated rings. The van der Waals surface area contributed by atoms with Crippen molar-refractivity contribution in [3.8, 4) is 0 Å². The van der Waals surface area contributed by atoms with E-state index in [4.69, 9.17) is 4.84 Å². The third-order valence-corrected chi connectivity index (χ3v) is 2.45. The third kappa shape index (κ3) is 1.99. The summed E-state index contributed by atoms with van der Waals surface area (Å²) in [5, 5.41) is 1.33. The number of hydrogen-bond acceptors (Lipinski definition) is 3. The molecule has 16 heavy (non-hydrogen) atoms. The first kappa shape index (κ1) is 10.9. The predicted molar refractivity (Wildman–Crippen MR) is 58.0 cm³/mol. The summed E-state index contributed by atoms with van der Waals surface area (Å²) in [6.45, 7) is 3.68. The summed E-state index contributed by atoms with van der Waals surface area (Å²) in [5.74, 6) is -0.239. The zero-order valence-electron chi connectivity index (χ0n) is 9.18. The monoisotopic (exact) mass is 222 g/mol. The molecule has 2 heterocycles. The Kier molecular flexibility index (Phi) is 3.05. The van der Waals surface area contributed by atoms with Gasteiger partial charge in [-0.3, -0.25) is 14.4 Å². The van der Waals surface area contributed by atoms with Gasteiger partial charge in [0, 0.05) is 24.9 Å². The Morgan fingerprint density at radius 1 is 1.38 bits per heavy atom. The van der Waals surface area contributed by atoms with Gasteiger partial charge in [0.05, 0.1) is 13.2 Å². The van der Waals surface area contributed by atoms with Crippen molar-refractivity contribution in [2.45, 2.75) is 19.9 Å². The van der Waals surface area contributed by atoms with Crippen molar-refractivity contribution < 1.29 is 9.63 Å². The molecular formula is C11H14N2O3. The largest absolute Gasteiger partial charge is 0.341 e. The maximum absolute atomic E-state index is 11.9. The van der Waals surface area contributed by atoms with Gasteiger partial charge < -0.3 is 4.57 Å². The van der Waals surface area contributed by atoms with Crippen molar-refractivity contribution >= 4 is 5.91 Å². The molecule has 0 aromatic carbocycles. The lowest BCUT2D eigenvalue weighted by atomic mass is 10.2. The van der Waals surface area contributed by atoms with Crippen molar-refractivity contribution in [1.82, 2.24) is 9.63 Å². The van der Waals surface area contributed by atoms with E-state index in [1.807, 2.05) is 6.92 Å². The minimum atomic E-state index is -0.239. The molecule has 1 aromatic heterocycles. The zero-order valence-corrected chi connectivity index (χ0v) is 9.18. The molecule has 86 valence electrons. The molecule has 0 atom stereocenters. The predicted octanol–water partition coefficient (Wildman–Crippen LogP) is 0.646. The fraction of sp³-hybridized carbons (Fsp3) is 0.455. The lowest BCUT2D eigenvalue weighted by Gasteiger charge is -2.28. The summed E-state index contributed by atoms with van der Waals surface area (Å²) < 4.78 is 1.77. The van der Waals surface area contributed by atoms with E-state index < -0.39 is 0 Å². The highest BCUT2D eigenvalue weighted by Gasteiger charge is 2.24. The van der Waals surface area contributed by atoms with Gasteiger partial charge >= 0.3 is 0 Å².